The van der Waals surface area contributed by atoms with Crippen molar-refractivity contribution in [3.63, 3.8) is 0 Å². The molecule has 1 N–H and O–H groups in total. The highest BCUT2D eigenvalue weighted by molar-refractivity contribution is 6.34. The van der Waals surface area contributed by atoms with E-state index in [0.29, 0.717) is 35.5 Å². The Kier molecular flexibility index (Phi) is 7.42. The summed E-state index contributed by atoms with van der Waals surface area (Å²) in [6, 6.07) is 18.6. The number of hydrogen-bond acceptors (Lipinski definition) is 6. The average molecular weight is 589 g/mol. The first-order valence-electron chi connectivity index (χ1n) is 15.7. The van der Waals surface area contributed by atoms with E-state index in [0.717, 1.165) is 88.2 Å². The largest absolute Gasteiger partial charge is 0.481 e. The Balaban J connectivity index is 1.54. The lowest BCUT2D eigenvalue weighted by Gasteiger charge is -2.24. The number of oxazole rings is 1. The molecule has 44 heavy (non-hydrogen) atoms. The van der Waals surface area contributed by atoms with E-state index in [1.807, 2.05) is 24.3 Å². The van der Waals surface area contributed by atoms with Crippen molar-refractivity contribution in [2.45, 2.75) is 58.9 Å². The molecule has 0 bridgehead atoms. The summed E-state index contributed by atoms with van der Waals surface area (Å²) in [4.78, 5) is 23.1. The molecule has 0 unspecified atom stereocenters. The summed E-state index contributed by atoms with van der Waals surface area (Å²) in [5.41, 5.74) is 6.74. The smallest absolute Gasteiger partial charge is 0.303 e. The Morgan fingerprint density at radius 1 is 0.886 bits per heavy atom. The predicted octanol–water partition coefficient (Wildman–Crippen LogP) is 9.17. The molecule has 4 heterocycles. The summed E-state index contributed by atoms with van der Waals surface area (Å²) in [5.74, 6) is -0.312. The van der Waals surface area contributed by atoms with E-state index in [1.165, 1.54) is 0 Å². The van der Waals surface area contributed by atoms with Crippen molar-refractivity contribution < 1.29 is 18.7 Å². The van der Waals surface area contributed by atoms with Crippen molar-refractivity contribution in [2.24, 2.45) is 0 Å². The third kappa shape index (κ3) is 4.75. The van der Waals surface area contributed by atoms with E-state index in [2.05, 4.69) is 58.6 Å². The Labute approximate surface area is 254 Å². The van der Waals surface area contributed by atoms with Crippen molar-refractivity contribution in [3.8, 4) is 11.5 Å². The molecule has 0 aliphatic carbocycles. The van der Waals surface area contributed by atoms with Crippen LogP contribution in [0.25, 0.3) is 66.3 Å². The molecule has 0 aliphatic rings. The lowest BCUT2D eigenvalue weighted by atomic mass is 10.0. The van der Waals surface area contributed by atoms with Gasteiger partial charge in [0.25, 0.3) is 0 Å². The minimum absolute atomic E-state index is 0.0877. The summed E-state index contributed by atoms with van der Waals surface area (Å²) in [5, 5.41) is 13.6. The Hall–Kier alpha value is -4.85. The van der Waals surface area contributed by atoms with Gasteiger partial charge in [0, 0.05) is 82.8 Å². The van der Waals surface area contributed by atoms with Gasteiger partial charge in [0.05, 0.1) is 5.52 Å². The standard InChI is InChI=1S/C36H36N4O4/c1-3-5-19-39(20-6-4-2)24-13-14-26-28(22-24)43-34-31(26)30-25-10-7-8-11-27(25)40(21-9-12-29(41)42)33(30)32-35(34)44-36(38-32)23-15-17-37-18-16-23/h7-8,10-11,13-18,22H,3-6,9,12,19-21H2,1-2H3,(H,41,42). The number of carbonyl (C=O) groups is 1. The number of anilines is 1. The van der Waals surface area contributed by atoms with Crippen molar-refractivity contribution >= 4 is 66.5 Å². The molecule has 8 heteroatoms. The number of hydrogen-bond donors (Lipinski definition) is 1. The number of para-hydroxylation sites is 1. The van der Waals surface area contributed by atoms with Crippen LogP contribution in [-0.2, 0) is 11.3 Å². The fourth-order valence-electron chi connectivity index (χ4n) is 6.43. The number of furan rings is 1. The zero-order valence-electron chi connectivity index (χ0n) is 25.2. The maximum absolute atomic E-state index is 11.4. The highest BCUT2D eigenvalue weighted by atomic mass is 16.4. The van der Waals surface area contributed by atoms with Gasteiger partial charge in [0.2, 0.25) is 11.5 Å². The molecule has 7 aromatic rings. The number of benzene rings is 3. The molecule has 0 aliphatic heterocycles. The van der Waals surface area contributed by atoms with Crippen molar-refractivity contribution in [3.05, 3.63) is 67.0 Å². The highest BCUT2D eigenvalue weighted by Gasteiger charge is 2.26. The van der Waals surface area contributed by atoms with Gasteiger partial charge in [0.15, 0.2) is 5.58 Å². The third-order valence-corrected chi connectivity index (χ3v) is 8.58. The lowest BCUT2D eigenvalue weighted by Crippen LogP contribution is -2.25. The molecule has 7 rings (SSSR count). The number of carboxylic acids is 1. The Morgan fingerprint density at radius 2 is 1.66 bits per heavy atom. The Bertz CT molecular complexity index is 2110. The average Bonchev–Trinajstić information content (AvgIpc) is 3.73. The van der Waals surface area contributed by atoms with E-state index in [-0.39, 0.29) is 6.42 Å². The first kappa shape index (κ1) is 28.0. The third-order valence-electron chi connectivity index (χ3n) is 8.58. The second-order valence-corrected chi connectivity index (χ2v) is 11.5. The summed E-state index contributed by atoms with van der Waals surface area (Å²) >= 11 is 0. The van der Waals surface area contributed by atoms with Crippen molar-refractivity contribution in [1.82, 2.24) is 14.5 Å². The van der Waals surface area contributed by atoms with Gasteiger partial charge < -0.3 is 23.4 Å². The van der Waals surface area contributed by atoms with Crippen LogP contribution in [-0.4, -0.2) is 38.7 Å². The fraction of sp³-hybridized carbons (Fsp3) is 0.306. The zero-order valence-corrected chi connectivity index (χ0v) is 25.2. The fourth-order valence-corrected chi connectivity index (χ4v) is 6.43. The second kappa shape index (κ2) is 11.7. The van der Waals surface area contributed by atoms with E-state index < -0.39 is 5.97 Å². The number of pyridine rings is 1. The van der Waals surface area contributed by atoms with Crippen LogP contribution in [0.4, 0.5) is 5.69 Å². The molecule has 3 aromatic carbocycles. The van der Waals surface area contributed by atoms with Crippen LogP contribution in [0.15, 0.2) is 75.8 Å². The van der Waals surface area contributed by atoms with Crippen LogP contribution < -0.4 is 4.90 Å². The van der Waals surface area contributed by atoms with Crippen molar-refractivity contribution in [2.75, 3.05) is 18.0 Å². The number of rotatable bonds is 12. The number of unbranched alkanes of at least 4 members (excludes halogenated alkanes) is 2. The lowest BCUT2D eigenvalue weighted by molar-refractivity contribution is -0.137. The topological polar surface area (TPSA) is 97.5 Å². The van der Waals surface area contributed by atoms with Gasteiger partial charge in [-0.15, -0.1) is 0 Å². The molecule has 0 fully saturated rings. The van der Waals surface area contributed by atoms with Crippen LogP contribution in [0.5, 0.6) is 0 Å². The van der Waals surface area contributed by atoms with Gasteiger partial charge in [-0.3, -0.25) is 9.78 Å². The van der Waals surface area contributed by atoms with Gasteiger partial charge in [0.1, 0.15) is 11.1 Å². The molecule has 0 saturated carbocycles. The first-order valence-corrected chi connectivity index (χ1v) is 15.7. The molecule has 0 saturated heterocycles. The monoisotopic (exact) mass is 588 g/mol. The minimum Gasteiger partial charge on any atom is -0.481 e. The maximum atomic E-state index is 11.4. The molecule has 224 valence electrons. The number of aliphatic carboxylic acids is 1. The molecule has 0 atom stereocenters. The van der Waals surface area contributed by atoms with Crippen LogP contribution in [0.3, 0.4) is 0 Å². The quantitative estimate of drug-likeness (QED) is 0.152. The molecular weight excluding hydrogens is 552 g/mol. The van der Waals surface area contributed by atoms with Gasteiger partial charge in [-0.05, 0) is 49.6 Å². The number of nitrogens with zero attached hydrogens (tertiary/aromatic N) is 4. The van der Waals surface area contributed by atoms with E-state index in [1.54, 1.807) is 12.4 Å². The molecule has 4 aromatic heterocycles. The van der Waals surface area contributed by atoms with Crippen LogP contribution >= 0.6 is 0 Å². The van der Waals surface area contributed by atoms with Crippen LogP contribution in [0.1, 0.15) is 52.4 Å². The van der Waals surface area contributed by atoms with Crippen molar-refractivity contribution in [1.29, 1.82) is 0 Å². The van der Waals surface area contributed by atoms with E-state index in [9.17, 15) is 9.90 Å². The summed E-state index contributed by atoms with van der Waals surface area (Å²) in [6.07, 6.45) is 8.61. The molecule has 8 nitrogen and oxygen atoms in total. The van der Waals surface area contributed by atoms with Gasteiger partial charge in [-0.2, -0.15) is 0 Å². The first-order chi connectivity index (χ1) is 21.6. The molecule has 0 amide bonds. The van der Waals surface area contributed by atoms with Gasteiger partial charge in [-0.1, -0.05) is 44.9 Å². The van der Waals surface area contributed by atoms with E-state index in [4.69, 9.17) is 13.8 Å². The van der Waals surface area contributed by atoms with Gasteiger partial charge >= 0.3 is 5.97 Å². The number of aryl methyl sites for hydroxylation is 1. The molecule has 0 radical (unpaired) electrons. The summed E-state index contributed by atoms with van der Waals surface area (Å²) in [6.45, 7) is 7.02. The maximum Gasteiger partial charge on any atom is 0.303 e. The second-order valence-electron chi connectivity index (χ2n) is 11.5. The van der Waals surface area contributed by atoms with E-state index >= 15 is 0 Å². The number of aromatic nitrogens is 3. The Morgan fingerprint density at radius 3 is 2.41 bits per heavy atom. The predicted molar refractivity (Wildman–Crippen MR) is 176 cm³/mol. The van der Waals surface area contributed by atoms with Crippen LogP contribution in [0, 0.1) is 0 Å². The number of carboxylic acid groups (broad SMARTS) is 1. The zero-order chi connectivity index (χ0) is 30.2. The number of fused-ring (bicyclic) bond motifs is 10. The highest BCUT2D eigenvalue weighted by Crippen LogP contribution is 2.46. The SMILES string of the molecule is CCCCN(CCCC)c1ccc2c(c1)oc1c3oc(-c4ccncc4)nc3c3c(c4ccccc4n3CCCC(=O)O)c21. The summed E-state index contributed by atoms with van der Waals surface area (Å²) < 4.78 is 15.5. The summed E-state index contributed by atoms with van der Waals surface area (Å²) in [7, 11) is 0. The van der Waals surface area contributed by atoms with Crippen LogP contribution in [0.2, 0.25) is 0 Å². The molecular formula is C36H36N4O4. The molecule has 0 spiro atoms. The van der Waals surface area contributed by atoms with Gasteiger partial charge in [-0.25, -0.2) is 4.98 Å². The normalized spacial score (nSPS) is 12.0. The minimum atomic E-state index is -0.803.